The number of fused-ring (bicyclic) bond motifs is 1. The summed E-state index contributed by atoms with van der Waals surface area (Å²) in [6.45, 7) is 2.53. The van der Waals surface area contributed by atoms with Gasteiger partial charge in [0.2, 0.25) is 5.95 Å². The van der Waals surface area contributed by atoms with E-state index in [1.54, 1.807) is 12.1 Å². The number of nitrogens with two attached hydrogens (primary N) is 2. The van der Waals surface area contributed by atoms with Crippen molar-refractivity contribution in [1.82, 2.24) is 19.5 Å². The fraction of sp³-hybridized carbons (Fsp3) is 0.148. The zero-order valence-corrected chi connectivity index (χ0v) is 20.8. The second kappa shape index (κ2) is 9.09. The van der Waals surface area contributed by atoms with Crippen LogP contribution in [0.25, 0.3) is 33.5 Å². The van der Waals surface area contributed by atoms with Crippen LogP contribution in [0.3, 0.4) is 0 Å². The second-order valence-electron chi connectivity index (χ2n) is 8.65. The first-order valence-electron chi connectivity index (χ1n) is 11.5. The van der Waals surface area contributed by atoms with Crippen molar-refractivity contribution in [2.45, 2.75) is 24.8 Å². The van der Waals surface area contributed by atoms with Gasteiger partial charge in [-0.05, 0) is 41.8 Å². The quantitative estimate of drug-likeness (QED) is 0.356. The van der Waals surface area contributed by atoms with Crippen LogP contribution < -0.4 is 11.5 Å². The molecule has 0 spiro atoms. The molecule has 3 aromatic carbocycles. The van der Waals surface area contributed by atoms with Crippen LogP contribution in [0.2, 0.25) is 0 Å². The van der Waals surface area contributed by atoms with Crippen LogP contribution in [-0.2, 0) is 22.8 Å². The smallest absolute Gasteiger partial charge is 0.222 e. The van der Waals surface area contributed by atoms with Crippen molar-refractivity contribution in [3.05, 3.63) is 84.1 Å². The molecule has 0 aliphatic heterocycles. The minimum absolute atomic E-state index is 0.159. The summed E-state index contributed by atoms with van der Waals surface area (Å²) in [6, 6.07) is 22.9. The van der Waals surface area contributed by atoms with E-state index in [1.165, 1.54) is 6.26 Å². The lowest BCUT2D eigenvalue weighted by atomic mass is 10.0. The van der Waals surface area contributed by atoms with Gasteiger partial charge in [0.1, 0.15) is 11.6 Å². The van der Waals surface area contributed by atoms with Crippen molar-refractivity contribution in [2.24, 2.45) is 0 Å². The number of nitrogen functional groups attached to an aromatic ring is 2. The van der Waals surface area contributed by atoms with Gasteiger partial charge in [0.05, 0.1) is 21.6 Å². The van der Waals surface area contributed by atoms with Gasteiger partial charge in [-0.2, -0.15) is 4.98 Å². The molecule has 2 aromatic heterocycles. The van der Waals surface area contributed by atoms with Crippen LogP contribution in [0.5, 0.6) is 0 Å². The van der Waals surface area contributed by atoms with Crippen LogP contribution in [0.15, 0.2) is 77.7 Å². The number of sulfone groups is 1. The molecule has 0 aliphatic rings. The van der Waals surface area contributed by atoms with Gasteiger partial charge in [-0.3, -0.25) is 0 Å². The van der Waals surface area contributed by atoms with Gasteiger partial charge in [-0.15, -0.1) is 0 Å². The summed E-state index contributed by atoms with van der Waals surface area (Å²) in [6.07, 6.45) is 1.87. The van der Waals surface area contributed by atoms with Crippen molar-refractivity contribution in [2.75, 3.05) is 17.7 Å². The van der Waals surface area contributed by atoms with E-state index in [2.05, 4.69) is 14.5 Å². The molecule has 0 saturated carbocycles. The molecule has 182 valence electrons. The summed E-state index contributed by atoms with van der Waals surface area (Å²) in [7, 11) is -3.26. The highest BCUT2D eigenvalue weighted by molar-refractivity contribution is 7.90. The predicted octanol–water partition coefficient (Wildman–Crippen LogP) is 4.34. The molecule has 0 fully saturated rings. The summed E-state index contributed by atoms with van der Waals surface area (Å²) in [4.78, 5) is 13.8. The standard InChI is InChI=1S/C27H26N6O2S/c1-3-21-24(25(28)32-27(29)31-21)19-11-14-23-22(15-19)30-26(18-7-5-4-6-8-18)33(23)16-17-9-12-20(13-10-17)36(2,34)35/h4-15H,3,16H2,1-2H3,(H4,28,29,31,32). The van der Waals surface area contributed by atoms with Gasteiger partial charge >= 0.3 is 0 Å². The Morgan fingerprint density at radius 1 is 0.861 bits per heavy atom. The Morgan fingerprint density at radius 2 is 1.58 bits per heavy atom. The van der Waals surface area contributed by atoms with Crippen LogP contribution >= 0.6 is 0 Å². The first-order chi connectivity index (χ1) is 17.2. The first kappa shape index (κ1) is 23.5. The topological polar surface area (TPSA) is 130 Å². The minimum Gasteiger partial charge on any atom is -0.383 e. The maximum absolute atomic E-state index is 11.9. The van der Waals surface area contributed by atoms with Gasteiger partial charge in [-0.25, -0.2) is 18.4 Å². The highest BCUT2D eigenvalue weighted by Crippen LogP contribution is 2.33. The molecule has 0 aliphatic carbocycles. The fourth-order valence-corrected chi connectivity index (χ4v) is 5.02. The molecule has 8 nitrogen and oxygen atoms in total. The molecule has 2 heterocycles. The first-order valence-corrected chi connectivity index (χ1v) is 13.4. The molecule has 0 atom stereocenters. The van der Waals surface area contributed by atoms with Gasteiger partial charge in [0, 0.05) is 23.9 Å². The summed E-state index contributed by atoms with van der Waals surface area (Å²) in [5.74, 6) is 1.31. The summed E-state index contributed by atoms with van der Waals surface area (Å²) in [5.41, 5.74) is 18.2. The van der Waals surface area contributed by atoms with Crippen molar-refractivity contribution in [1.29, 1.82) is 0 Å². The number of benzene rings is 3. The van der Waals surface area contributed by atoms with E-state index in [0.717, 1.165) is 44.8 Å². The van der Waals surface area contributed by atoms with E-state index in [1.807, 2.05) is 67.6 Å². The SMILES string of the molecule is CCc1nc(N)nc(N)c1-c1ccc2c(c1)nc(-c1ccccc1)n2Cc1ccc(S(C)(=O)=O)cc1. The van der Waals surface area contributed by atoms with Gasteiger partial charge < -0.3 is 16.0 Å². The van der Waals surface area contributed by atoms with Crippen LogP contribution in [0.4, 0.5) is 11.8 Å². The number of hydrogen-bond acceptors (Lipinski definition) is 7. The molecule has 0 radical (unpaired) electrons. The fourth-order valence-electron chi connectivity index (χ4n) is 4.39. The predicted molar refractivity (Wildman–Crippen MR) is 143 cm³/mol. The largest absolute Gasteiger partial charge is 0.383 e. The lowest BCUT2D eigenvalue weighted by Crippen LogP contribution is -2.06. The molecule has 36 heavy (non-hydrogen) atoms. The van der Waals surface area contributed by atoms with E-state index in [4.69, 9.17) is 16.5 Å². The van der Waals surface area contributed by atoms with E-state index in [-0.39, 0.29) is 5.95 Å². The Morgan fingerprint density at radius 3 is 2.25 bits per heavy atom. The number of nitrogens with zero attached hydrogens (tertiary/aromatic N) is 4. The third-order valence-corrected chi connectivity index (χ3v) is 7.25. The van der Waals surface area contributed by atoms with Crippen molar-refractivity contribution in [3.63, 3.8) is 0 Å². The molecule has 9 heteroatoms. The molecule has 0 unspecified atom stereocenters. The average Bonchev–Trinajstić information content (AvgIpc) is 3.21. The Balaban J connectivity index is 1.65. The number of imidazole rings is 1. The number of hydrogen-bond donors (Lipinski definition) is 2. The van der Waals surface area contributed by atoms with Gasteiger partial charge in [-0.1, -0.05) is 55.5 Å². The van der Waals surface area contributed by atoms with E-state index < -0.39 is 9.84 Å². The Hall–Kier alpha value is -4.24. The van der Waals surface area contributed by atoms with E-state index in [0.29, 0.717) is 23.7 Å². The third-order valence-electron chi connectivity index (χ3n) is 6.13. The van der Waals surface area contributed by atoms with Crippen LogP contribution in [0.1, 0.15) is 18.2 Å². The average molecular weight is 499 g/mol. The Kier molecular flexibility index (Phi) is 5.93. The Bertz CT molecular complexity index is 1680. The summed E-state index contributed by atoms with van der Waals surface area (Å²) in [5, 5.41) is 0. The molecule has 0 amide bonds. The molecule has 0 bridgehead atoms. The van der Waals surface area contributed by atoms with Crippen molar-refractivity contribution in [3.8, 4) is 22.5 Å². The highest BCUT2D eigenvalue weighted by atomic mass is 32.2. The van der Waals surface area contributed by atoms with E-state index >= 15 is 0 Å². The van der Waals surface area contributed by atoms with Crippen molar-refractivity contribution >= 4 is 32.6 Å². The van der Waals surface area contributed by atoms with E-state index in [9.17, 15) is 8.42 Å². The molecular formula is C27H26N6O2S. The summed E-state index contributed by atoms with van der Waals surface area (Å²) < 4.78 is 25.9. The molecule has 0 saturated heterocycles. The maximum Gasteiger partial charge on any atom is 0.222 e. The number of aryl methyl sites for hydroxylation is 1. The normalized spacial score (nSPS) is 11.7. The number of aromatic nitrogens is 4. The zero-order valence-electron chi connectivity index (χ0n) is 20.0. The molecule has 5 aromatic rings. The number of anilines is 2. The lowest BCUT2D eigenvalue weighted by Gasteiger charge is -2.12. The van der Waals surface area contributed by atoms with Gasteiger partial charge in [0.15, 0.2) is 9.84 Å². The number of rotatable bonds is 6. The third kappa shape index (κ3) is 4.40. The molecular weight excluding hydrogens is 472 g/mol. The highest BCUT2D eigenvalue weighted by Gasteiger charge is 2.17. The molecule has 4 N–H and O–H groups in total. The van der Waals surface area contributed by atoms with Crippen LogP contribution in [-0.4, -0.2) is 34.2 Å². The minimum atomic E-state index is -3.26. The summed E-state index contributed by atoms with van der Waals surface area (Å²) >= 11 is 0. The van der Waals surface area contributed by atoms with Crippen molar-refractivity contribution < 1.29 is 8.42 Å². The maximum atomic E-state index is 11.9. The monoisotopic (exact) mass is 498 g/mol. The zero-order chi connectivity index (χ0) is 25.4. The van der Waals surface area contributed by atoms with Gasteiger partial charge in [0.25, 0.3) is 0 Å². The molecule has 5 rings (SSSR count). The Labute approximate surface area is 209 Å². The second-order valence-corrected chi connectivity index (χ2v) is 10.7. The van der Waals surface area contributed by atoms with Crippen LogP contribution in [0, 0.1) is 0 Å². The lowest BCUT2D eigenvalue weighted by molar-refractivity contribution is 0.602.